The Morgan fingerprint density at radius 2 is 1.89 bits per heavy atom. The summed E-state index contributed by atoms with van der Waals surface area (Å²) in [4.78, 5) is 33.7. The van der Waals surface area contributed by atoms with Gasteiger partial charge in [-0.25, -0.2) is 8.78 Å². The van der Waals surface area contributed by atoms with E-state index in [0.29, 0.717) is 35.3 Å². The number of pyridine rings is 1. The maximum Gasteiger partial charge on any atom is 0.270 e. The molecule has 0 bridgehead atoms. The molecule has 2 aliphatic rings. The second kappa shape index (κ2) is 9.87. The second-order valence-corrected chi connectivity index (χ2v) is 10.2. The number of fused-ring (bicyclic) bond motifs is 1. The lowest BCUT2D eigenvalue weighted by atomic mass is 9.97. The van der Waals surface area contributed by atoms with E-state index in [1.807, 2.05) is 32.0 Å². The summed E-state index contributed by atoms with van der Waals surface area (Å²) in [7, 11) is 0. The summed E-state index contributed by atoms with van der Waals surface area (Å²) in [5, 5.41) is 14.7. The molecule has 0 spiro atoms. The molecule has 1 amide bonds. The first-order valence-corrected chi connectivity index (χ1v) is 12.8. The van der Waals surface area contributed by atoms with Gasteiger partial charge in [0.1, 0.15) is 11.8 Å². The number of alkyl halides is 2. The van der Waals surface area contributed by atoms with Crippen molar-refractivity contribution >= 4 is 22.6 Å². The number of ketones is 1. The fourth-order valence-electron chi connectivity index (χ4n) is 5.82. The average Bonchev–Trinajstić information content (AvgIpc) is 3.41. The number of likely N-dealkylation sites (tertiary alicyclic amines) is 2. The van der Waals surface area contributed by atoms with Crippen molar-refractivity contribution in [3.05, 3.63) is 47.5 Å². The van der Waals surface area contributed by atoms with Crippen LogP contribution in [0.1, 0.15) is 60.3 Å². The topological polar surface area (TPSA) is 103 Å². The first-order valence-electron chi connectivity index (χ1n) is 12.8. The van der Waals surface area contributed by atoms with E-state index in [9.17, 15) is 23.6 Å². The number of halogens is 2. The molecule has 0 radical (unpaired) electrons. The number of rotatable bonds is 6. The first kappa shape index (κ1) is 25.9. The van der Waals surface area contributed by atoms with Crippen molar-refractivity contribution < 1.29 is 22.9 Å². The van der Waals surface area contributed by atoms with E-state index in [0.717, 1.165) is 41.0 Å². The fourth-order valence-corrected chi connectivity index (χ4v) is 5.82. The molecule has 0 N–H and O–H groups in total. The molecule has 0 saturated carbocycles. The zero-order valence-corrected chi connectivity index (χ0v) is 21.5. The Balaban J connectivity index is 1.38. The predicted octanol–water partition coefficient (Wildman–Crippen LogP) is 5.04. The number of aryl methyl sites for hydroxylation is 2. The molecule has 1 atom stereocenters. The number of nitrogens with zero attached hydrogens (tertiary/aromatic N) is 5. The van der Waals surface area contributed by atoms with Crippen LogP contribution in [0.2, 0.25) is 0 Å². The van der Waals surface area contributed by atoms with Crippen molar-refractivity contribution in [3.63, 3.8) is 0 Å². The van der Waals surface area contributed by atoms with Crippen LogP contribution in [-0.4, -0.2) is 62.9 Å². The minimum Gasteiger partial charge on any atom is -0.361 e. The Labute approximate surface area is 219 Å². The molecule has 198 valence electrons. The summed E-state index contributed by atoms with van der Waals surface area (Å²) < 4.78 is 34.5. The van der Waals surface area contributed by atoms with E-state index < -0.39 is 30.5 Å². The Morgan fingerprint density at radius 1 is 1.13 bits per heavy atom. The normalized spacial score (nSPS) is 21.5. The number of hydrogen-bond acceptors (Lipinski definition) is 7. The Morgan fingerprint density at radius 3 is 2.58 bits per heavy atom. The molecule has 0 aliphatic carbocycles. The highest BCUT2D eigenvalue weighted by Crippen LogP contribution is 2.43. The van der Waals surface area contributed by atoms with E-state index in [4.69, 9.17) is 4.52 Å². The van der Waals surface area contributed by atoms with Crippen LogP contribution >= 0.6 is 0 Å². The van der Waals surface area contributed by atoms with Gasteiger partial charge in [-0.05, 0) is 50.5 Å². The van der Waals surface area contributed by atoms with Gasteiger partial charge >= 0.3 is 0 Å². The average molecular weight is 522 g/mol. The molecule has 4 heterocycles. The van der Waals surface area contributed by atoms with Gasteiger partial charge < -0.3 is 9.42 Å². The monoisotopic (exact) mass is 521 g/mol. The number of carbonyl (C=O) groups is 2. The summed E-state index contributed by atoms with van der Waals surface area (Å²) in [6.07, 6.45) is 2.94. The van der Waals surface area contributed by atoms with Crippen molar-refractivity contribution in [1.29, 1.82) is 5.26 Å². The van der Waals surface area contributed by atoms with Gasteiger partial charge in [0.2, 0.25) is 5.91 Å². The van der Waals surface area contributed by atoms with E-state index in [1.165, 1.54) is 6.20 Å². The molecule has 2 fully saturated rings. The summed E-state index contributed by atoms with van der Waals surface area (Å²) in [6.45, 7) is 3.81. The van der Waals surface area contributed by atoms with Gasteiger partial charge in [0.25, 0.3) is 5.92 Å². The molecule has 2 aromatic heterocycles. The number of benzene rings is 1. The highest BCUT2D eigenvalue weighted by Gasteiger charge is 2.60. The number of Topliss-reactive ketones (excluding diaryl/α,β-unsaturated/α-hetero) is 1. The summed E-state index contributed by atoms with van der Waals surface area (Å²) in [5.74, 6) is -3.42. The van der Waals surface area contributed by atoms with Gasteiger partial charge in [0.05, 0.1) is 24.2 Å². The van der Waals surface area contributed by atoms with E-state index in [2.05, 4.69) is 16.2 Å². The third-order valence-electron chi connectivity index (χ3n) is 7.63. The zero-order chi connectivity index (χ0) is 27.1. The van der Waals surface area contributed by atoms with Gasteiger partial charge in [-0.3, -0.25) is 19.5 Å². The number of aromatic nitrogens is 2. The van der Waals surface area contributed by atoms with Crippen LogP contribution in [0.15, 0.2) is 35.0 Å². The third-order valence-corrected chi connectivity index (χ3v) is 7.63. The molecule has 3 aromatic rings. The standard InChI is InChI=1S/C28H29F2N5O3/c1-18-26(19(2)38-33-18)20-6-7-23-22(14-20)21(10-11-32-23)24(36)8-9-25(37)35-17-27(29,30)15-28(35,16-31)34-12-4-3-5-13-34/h6-7,10-11,14H,3-5,8-9,12-13,15,17H2,1-2H3/t28-/m0/s1. The minimum atomic E-state index is -3.16. The van der Waals surface area contributed by atoms with Crippen molar-refractivity contribution in [2.45, 2.75) is 64.0 Å². The molecular weight excluding hydrogens is 492 g/mol. The number of nitriles is 1. The number of amides is 1. The Hall–Kier alpha value is -3.71. The maximum absolute atomic E-state index is 14.6. The molecule has 2 aliphatic heterocycles. The lowest BCUT2D eigenvalue weighted by Crippen LogP contribution is -2.59. The van der Waals surface area contributed by atoms with Crippen LogP contribution in [0.5, 0.6) is 0 Å². The SMILES string of the molecule is Cc1noc(C)c1-c1ccc2nccc(C(=O)CCC(=O)N3CC(F)(F)C[C@]3(C#N)N3CCCCC3)c2c1. The fraction of sp³-hybridized carbons (Fsp3) is 0.464. The summed E-state index contributed by atoms with van der Waals surface area (Å²) >= 11 is 0. The van der Waals surface area contributed by atoms with Gasteiger partial charge in [0.15, 0.2) is 11.4 Å². The zero-order valence-electron chi connectivity index (χ0n) is 21.5. The Bertz CT molecular complexity index is 1420. The predicted molar refractivity (Wildman–Crippen MR) is 135 cm³/mol. The van der Waals surface area contributed by atoms with Crippen LogP contribution in [0.25, 0.3) is 22.0 Å². The van der Waals surface area contributed by atoms with E-state index in [1.54, 1.807) is 11.0 Å². The highest BCUT2D eigenvalue weighted by molar-refractivity contribution is 6.08. The second-order valence-electron chi connectivity index (χ2n) is 10.2. The third kappa shape index (κ3) is 4.56. The van der Waals surface area contributed by atoms with E-state index >= 15 is 0 Å². The summed E-state index contributed by atoms with van der Waals surface area (Å²) in [5.41, 5.74) is 1.71. The maximum atomic E-state index is 14.6. The molecule has 10 heteroatoms. The number of hydrogen-bond donors (Lipinski definition) is 0. The lowest BCUT2D eigenvalue weighted by Gasteiger charge is -2.43. The number of piperidine rings is 1. The first-order chi connectivity index (χ1) is 18.1. The van der Waals surface area contributed by atoms with Crippen LogP contribution in [-0.2, 0) is 4.79 Å². The molecular formula is C28H29F2N5O3. The Kier molecular flexibility index (Phi) is 6.73. The van der Waals surface area contributed by atoms with Gasteiger partial charge in [0, 0.05) is 48.6 Å². The quantitative estimate of drug-likeness (QED) is 0.419. The molecule has 38 heavy (non-hydrogen) atoms. The smallest absolute Gasteiger partial charge is 0.270 e. The molecule has 2 saturated heterocycles. The van der Waals surface area contributed by atoms with Gasteiger partial charge in [-0.1, -0.05) is 17.6 Å². The molecule has 1 aromatic carbocycles. The van der Waals surface area contributed by atoms with Crippen molar-refractivity contribution in [2.24, 2.45) is 0 Å². The van der Waals surface area contributed by atoms with Crippen molar-refractivity contribution in [3.8, 4) is 17.2 Å². The minimum absolute atomic E-state index is 0.170. The van der Waals surface area contributed by atoms with Crippen molar-refractivity contribution in [2.75, 3.05) is 19.6 Å². The van der Waals surface area contributed by atoms with E-state index in [-0.39, 0.29) is 18.6 Å². The van der Waals surface area contributed by atoms with Gasteiger partial charge in [-0.2, -0.15) is 5.26 Å². The molecule has 8 nitrogen and oxygen atoms in total. The van der Waals surface area contributed by atoms with Crippen LogP contribution < -0.4 is 0 Å². The molecule has 5 rings (SSSR count). The van der Waals surface area contributed by atoms with Crippen LogP contribution in [0.4, 0.5) is 8.78 Å². The van der Waals surface area contributed by atoms with Crippen LogP contribution in [0.3, 0.4) is 0 Å². The highest BCUT2D eigenvalue weighted by atomic mass is 19.3. The van der Waals surface area contributed by atoms with Gasteiger partial charge in [-0.15, -0.1) is 0 Å². The lowest BCUT2D eigenvalue weighted by molar-refractivity contribution is -0.140. The number of carbonyl (C=O) groups excluding carboxylic acids is 2. The largest absolute Gasteiger partial charge is 0.361 e. The summed E-state index contributed by atoms with van der Waals surface area (Å²) in [6, 6.07) is 9.20. The van der Waals surface area contributed by atoms with Crippen molar-refractivity contribution in [1.82, 2.24) is 19.9 Å². The van der Waals surface area contributed by atoms with Crippen LogP contribution in [0, 0.1) is 25.2 Å². The molecule has 0 unspecified atom stereocenters.